The van der Waals surface area contributed by atoms with Crippen LogP contribution in [0.15, 0.2) is 42.6 Å². The molecule has 1 aromatic carbocycles. The lowest BCUT2D eigenvalue weighted by molar-refractivity contribution is 0.370. The number of nitrogens with zero attached hydrogens (tertiary/aromatic N) is 1. The van der Waals surface area contributed by atoms with Crippen molar-refractivity contribution in [3.63, 3.8) is 0 Å². The van der Waals surface area contributed by atoms with E-state index in [2.05, 4.69) is 28.5 Å². The van der Waals surface area contributed by atoms with Crippen molar-refractivity contribution in [2.24, 2.45) is 0 Å². The number of rotatable bonds is 5. The third kappa shape index (κ3) is 3.10. The Hall–Kier alpha value is -2.23. The molecule has 1 aliphatic carbocycles. The van der Waals surface area contributed by atoms with Gasteiger partial charge in [-0.2, -0.15) is 0 Å². The molecule has 1 saturated carbocycles. The fourth-order valence-corrected chi connectivity index (χ4v) is 2.73. The van der Waals surface area contributed by atoms with Gasteiger partial charge in [-0.25, -0.2) is 4.98 Å². The summed E-state index contributed by atoms with van der Waals surface area (Å²) in [7, 11) is 3.33. The maximum absolute atomic E-state index is 5.28. The summed E-state index contributed by atoms with van der Waals surface area (Å²) < 4.78 is 10.3. The summed E-state index contributed by atoms with van der Waals surface area (Å²) in [6, 6.07) is 12.7. The van der Waals surface area contributed by atoms with E-state index in [0.29, 0.717) is 17.8 Å². The second kappa shape index (κ2) is 6.04. The molecule has 0 unspecified atom stereocenters. The Morgan fingerprint density at radius 3 is 2.62 bits per heavy atom. The van der Waals surface area contributed by atoms with Crippen LogP contribution in [0.2, 0.25) is 0 Å². The fraction of sp³-hybridized carbons (Fsp3) is 0.353. The molecule has 0 bridgehead atoms. The highest BCUT2D eigenvalue weighted by Crippen LogP contribution is 2.39. The van der Waals surface area contributed by atoms with Gasteiger partial charge in [0.05, 0.1) is 26.1 Å². The van der Waals surface area contributed by atoms with Crippen molar-refractivity contribution in [2.75, 3.05) is 19.5 Å². The van der Waals surface area contributed by atoms with Gasteiger partial charge in [0, 0.05) is 12.1 Å². The first-order valence-electron chi connectivity index (χ1n) is 7.19. The van der Waals surface area contributed by atoms with Crippen molar-refractivity contribution in [1.29, 1.82) is 0 Å². The molecule has 0 spiro atoms. The van der Waals surface area contributed by atoms with Gasteiger partial charge in [0.25, 0.3) is 0 Å². The third-order valence-corrected chi connectivity index (χ3v) is 4.02. The first-order valence-corrected chi connectivity index (χ1v) is 7.19. The number of benzene rings is 1. The summed E-state index contributed by atoms with van der Waals surface area (Å²) in [4.78, 5) is 4.21. The van der Waals surface area contributed by atoms with Gasteiger partial charge < -0.3 is 14.8 Å². The van der Waals surface area contributed by atoms with Crippen LogP contribution in [0.3, 0.4) is 0 Å². The Morgan fingerprint density at radius 1 is 1.10 bits per heavy atom. The van der Waals surface area contributed by atoms with Gasteiger partial charge in [-0.15, -0.1) is 0 Å². The number of aromatic nitrogens is 1. The maximum atomic E-state index is 5.28. The monoisotopic (exact) mass is 284 g/mol. The zero-order valence-corrected chi connectivity index (χ0v) is 12.4. The Kier molecular flexibility index (Phi) is 3.95. The van der Waals surface area contributed by atoms with E-state index in [-0.39, 0.29) is 0 Å². The van der Waals surface area contributed by atoms with E-state index in [1.54, 1.807) is 14.2 Å². The number of methoxy groups -OCH3 is 2. The van der Waals surface area contributed by atoms with Gasteiger partial charge >= 0.3 is 0 Å². The van der Waals surface area contributed by atoms with Gasteiger partial charge in [0.15, 0.2) is 0 Å². The van der Waals surface area contributed by atoms with Gasteiger partial charge in [0.1, 0.15) is 5.75 Å². The number of anilines is 1. The molecule has 21 heavy (non-hydrogen) atoms. The predicted octanol–water partition coefficient (Wildman–Crippen LogP) is 3.46. The summed E-state index contributed by atoms with van der Waals surface area (Å²) in [5.74, 6) is 2.19. The molecule has 0 aliphatic heterocycles. The van der Waals surface area contributed by atoms with Gasteiger partial charge in [0.2, 0.25) is 5.88 Å². The normalized spacial score (nSPS) is 20.5. The van der Waals surface area contributed by atoms with Crippen LogP contribution >= 0.6 is 0 Å². The average Bonchev–Trinajstić information content (AvgIpc) is 2.51. The smallest absolute Gasteiger partial charge is 0.213 e. The SMILES string of the molecule is COc1cccc(C2CC(Nc3ccc(OC)nc3)C2)c1. The van der Waals surface area contributed by atoms with Gasteiger partial charge in [-0.3, -0.25) is 0 Å². The standard InChI is InChI=1S/C17H20N2O2/c1-20-16-5-3-4-12(10-16)13-8-15(9-13)19-14-6-7-17(21-2)18-11-14/h3-7,10-11,13,15,19H,8-9H2,1-2H3. The molecule has 0 atom stereocenters. The van der Waals surface area contributed by atoms with Crippen LogP contribution < -0.4 is 14.8 Å². The first-order chi connectivity index (χ1) is 10.3. The van der Waals surface area contributed by atoms with E-state index in [1.807, 2.05) is 24.4 Å². The van der Waals surface area contributed by atoms with Crippen molar-refractivity contribution in [1.82, 2.24) is 4.98 Å². The van der Waals surface area contributed by atoms with Crippen molar-refractivity contribution in [2.45, 2.75) is 24.8 Å². The average molecular weight is 284 g/mol. The lowest BCUT2D eigenvalue weighted by atomic mass is 9.76. The van der Waals surface area contributed by atoms with Crippen molar-refractivity contribution in [3.05, 3.63) is 48.2 Å². The van der Waals surface area contributed by atoms with Crippen LogP contribution in [-0.4, -0.2) is 25.2 Å². The molecule has 3 rings (SSSR count). The molecular formula is C17H20N2O2. The molecule has 0 saturated heterocycles. The zero-order valence-electron chi connectivity index (χ0n) is 12.4. The van der Waals surface area contributed by atoms with E-state index in [4.69, 9.17) is 9.47 Å². The lowest BCUT2D eigenvalue weighted by Crippen LogP contribution is -2.34. The number of ether oxygens (including phenoxy) is 2. The predicted molar refractivity (Wildman–Crippen MR) is 83.2 cm³/mol. The van der Waals surface area contributed by atoms with E-state index in [1.165, 1.54) is 5.56 Å². The van der Waals surface area contributed by atoms with E-state index >= 15 is 0 Å². The molecule has 1 heterocycles. The Labute approximate surface area is 125 Å². The third-order valence-electron chi connectivity index (χ3n) is 4.02. The number of hydrogen-bond acceptors (Lipinski definition) is 4. The molecular weight excluding hydrogens is 264 g/mol. The quantitative estimate of drug-likeness (QED) is 0.913. The lowest BCUT2D eigenvalue weighted by Gasteiger charge is -2.37. The topological polar surface area (TPSA) is 43.4 Å². The molecule has 1 N–H and O–H groups in total. The number of hydrogen-bond donors (Lipinski definition) is 1. The summed E-state index contributed by atoms with van der Waals surface area (Å²) >= 11 is 0. The molecule has 4 heteroatoms. The minimum absolute atomic E-state index is 0.511. The summed E-state index contributed by atoms with van der Waals surface area (Å²) in [5.41, 5.74) is 2.41. The van der Waals surface area contributed by atoms with Crippen molar-refractivity contribution < 1.29 is 9.47 Å². The molecule has 4 nitrogen and oxygen atoms in total. The van der Waals surface area contributed by atoms with Crippen LogP contribution in [-0.2, 0) is 0 Å². The van der Waals surface area contributed by atoms with Crippen molar-refractivity contribution in [3.8, 4) is 11.6 Å². The number of nitrogens with one attached hydrogen (secondary N) is 1. The summed E-state index contributed by atoms with van der Waals surface area (Å²) in [6.45, 7) is 0. The van der Waals surface area contributed by atoms with Crippen LogP contribution in [0.5, 0.6) is 11.6 Å². The molecule has 2 aromatic rings. The highest BCUT2D eigenvalue weighted by atomic mass is 16.5. The largest absolute Gasteiger partial charge is 0.497 e. The summed E-state index contributed by atoms with van der Waals surface area (Å²) in [6.07, 6.45) is 4.09. The maximum Gasteiger partial charge on any atom is 0.213 e. The molecule has 1 aromatic heterocycles. The van der Waals surface area contributed by atoms with Crippen molar-refractivity contribution >= 4 is 5.69 Å². The second-order valence-corrected chi connectivity index (χ2v) is 5.38. The van der Waals surface area contributed by atoms with E-state index in [0.717, 1.165) is 24.3 Å². The minimum atomic E-state index is 0.511. The minimum Gasteiger partial charge on any atom is -0.497 e. The van der Waals surface area contributed by atoms with Crippen LogP contribution in [0.4, 0.5) is 5.69 Å². The van der Waals surface area contributed by atoms with Crippen LogP contribution in [0, 0.1) is 0 Å². The van der Waals surface area contributed by atoms with Gasteiger partial charge in [-0.05, 0) is 42.5 Å². The van der Waals surface area contributed by atoms with E-state index < -0.39 is 0 Å². The Balaban J connectivity index is 1.55. The second-order valence-electron chi connectivity index (χ2n) is 5.38. The molecule has 1 fully saturated rings. The molecule has 110 valence electrons. The molecule has 0 radical (unpaired) electrons. The highest BCUT2D eigenvalue weighted by Gasteiger charge is 2.30. The fourth-order valence-electron chi connectivity index (χ4n) is 2.73. The Bertz CT molecular complexity index is 592. The van der Waals surface area contributed by atoms with Crippen LogP contribution in [0.25, 0.3) is 0 Å². The van der Waals surface area contributed by atoms with Crippen LogP contribution in [0.1, 0.15) is 24.3 Å². The highest BCUT2D eigenvalue weighted by molar-refractivity contribution is 5.44. The molecule has 1 aliphatic rings. The number of pyridine rings is 1. The Morgan fingerprint density at radius 2 is 1.95 bits per heavy atom. The first kappa shape index (κ1) is 13.7. The summed E-state index contributed by atoms with van der Waals surface area (Å²) in [5, 5.41) is 3.51. The van der Waals surface area contributed by atoms with E-state index in [9.17, 15) is 0 Å². The van der Waals surface area contributed by atoms with Gasteiger partial charge in [-0.1, -0.05) is 12.1 Å². The zero-order chi connectivity index (χ0) is 14.7. The molecule has 0 amide bonds.